The lowest BCUT2D eigenvalue weighted by atomic mass is 10.2. The minimum atomic E-state index is 0.179. The number of aromatic nitrogens is 2. The summed E-state index contributed by atoms with van der Waals surface area (Å²) >= 11 is 1.65. The molecule has 17 heavy (non-hydrogen) atoms. The molecule has 0 aliphatic carbocycles. The maximum Gasteiger partial charge on any atom is 0.169 e. The number of rotatable bonds is 5. The van der Waals surface area contributed by atoms with Gasteiger partial charge in [0.1, 0.15) is 5.01 Å². The monoisotopic (exact) mass is 249 g/mol. The molecule has 2 aromatic heterocycles. The van der Waals surface area contributed by atoms with E-state index in [1.165, 1.54) is 0 Å². The van der Waals surface area contributed by atoms with E-state index >= 15 is 0 Å². The van der Waals surface area contributed by atoms with Crippen LogP contribution in [0.4, 0.5) is 5.82 Å². The molecule has 1 unspecified atom stereocenters. The molecule has 90 valence electrons. The molecule has 1 N–H and O–H groups in total. The van der Waals surface area contributed by atoms with E-state index in [1.54, 1.807) is 24.6 Å². The van der Waals surface area contributed by atoms with Gasteiger partial charge in [-0.15, -0.1) is 11.3 Å². The lowest BCUT2D eigenvalue weighted by Gasteiger charge is -2.16. The molecule has 0 saturated heterocycles. The number of hydrogen-bond donors (Lipinski definition) is 1. The predicted molar refractivity (Wildman–Crippen MR) is 69.6 cm³/mol. The van der Waals surface area contributed by atoms with Crippen LogP contribution in [-0.2, 0) is 0 Å². The summed E-state index contributed by atoms with van der Waals surface area (Å²) < 4.78 is 5.27. The van der Waals surface area contributed by atoms with E-state index < -0.39 is 0 Å². The van der Waals surface area contributed by atoms with Crippen molar-refractivity contribution in [2.45, 2.75) is 19.4 Å². The quantitative estimate of drug-likeness (QED) is 0.884. The standard InChI is InChI=1S/C12H15N3OS/c1-3-9(12-14-7-8-17-12)15-11-10(16-2)5-4-6-13-11/h4-9H,3H2,1-2H3,(H,13,15). The largest absolute Gasteiger partial charge is 0.493 e. The molecule has 0 bridgehead atoms. The molecule has 5 heteroatoms. The van der Waals surface area contributed by atoms with E-state index in [2.05, 4.69) is 22.2 Å². The summed E-state index contributed by atoms with van der Waals surface area (Å²) in [6.45, 7) is 2.12. The molecule has 2 heterocycles. The minimum Gasteiger partial charge on any atom is -0.493 e. The fraction of sp³-hybridized carbons (Fsp3) is 0.333. The van der Waals surface area contributed by atoms with Crippen LogP contribution in [0.5, 0.6) is 5.75 Å². The summed E-state index contributed by atoms with van der Waals surface area (Å²) in [6.07, 6.45) is 4.52. The Hall–Kier alpha value is -1.62. The zero-order valence-corrected chi connectivity index (χ0v) is 10.7. The maximum atomic E-state index is 5.27. The molecule has 0 saturated carbocycles. The van der Waals surface area contributed by atoms with Crippen molar-refractivity contribution in [1.29, 1.82) is 0 Å². The number of nitrogens with one attached hydrogen (secondary N) is 1. The first-order valence-electron chi connectivity index (χ1n) is 5.50. The van der Waals surface area contributed by atoms with E-state index in [9.17, 15) is 0 Å². The molecular formula is C12H15N3OS. The van der Waals surface area contributed by atoms with Gasteiger partial charge >= 0.3 is 0 Å². The molecule has 0 radical (unpaired) electrons. The second-order valence-electron chi connectivity index (χ2n) is 3.53. The number of nitrogens with zero attached hydrogens (tertiary/aromatic N) is 2. The van der Waals surface area contributed by atoms with Gasteiger partial charge in [-0.05, 0) is 18.6 Å². The fourth-order valence-corrected chi connectivity index (χ4v) is 2.35. The highest BCUT2D eigenvalue weighted by Crippen LogP contribution is 2.28. The summed E-state index contributed by atoms with van der Waals surface area (Å²) in [5.41, 5.74) is 0. The van der Waals surface area contributed by atoms with Gasteiger partial charge in [0.05, 0.1) is 13.2 Å². The second-order valence-corrected chi connectivity index (χ2v) is 4.46. The van der Waals surface area contributed by atoms with Crippen molar-refractivity contribution in [3.05, 3.63) is 34.9 Å². The normalized spacial score (nSPS) is 12.1. The Kier molecular flexibility index (Phi) is 3.93. The summed E-state index contributed by atoms with van der Waals surface area (Å²) in [4.78, 5) is 8.61. The molecule has 0 fully saturated rings. The van der Waals surface area contributed by atoms with Crippen molar-refractivity contribution in [1.82, 2.24) is 9.97 Å². The van der Waals surface area contributed by atoms with Gasteiger partial charge in [0.15, 0.2) is 11.6 Å². The van der Waals surface area contributed by atoms with E-state index in [4.69, 9.17) is 4.74 Å². The average molecular weight is 249 g/mol. The topological polar surface area (TPSA) is 47.0 Å². The van der Waals surface area contributed by atoms with Crippen LogP contribution in [0.25, 0.3) is 0 Å². The van der Waals surface area contributed by atoms with E-state index in [0.717, 1.165) is 23.0 Å². The van der Waals surface area contributed by atoms with Gasteiger partial charge in [-0.1, -0.05) is 6.92 Å². The zero-order chi connectivity index (χ0) is 12.1. The van der Waals surface area contributed by atoms with Crippen molar-refractivity contribution < 1.29 is 4.74 Å². The Morgan fingerprint density at radius 1 is 1.41 bits per heavy atom. The summed E-state index contributed by atoms with van der Waals surface area (Å²) in [6, 6.07) is 3.93. The third-order valence-electron chi connectivity index (χ3n) is 2.46. The number of anilines is 1. The number of hydrogen-bond acceptors (Lipinski definition) is 5. The van der Waals surface area contributed by atoms with Crippen LogP contribution in [-0.4, -0.2) is 17.1 Å². The van der Waals surface area contributed by atoms with Gasteiger partial charge in [-0.25, -0.2) is 9.97 Å². The maximum absolute atomic E-state index is 5.27. The molecule has 0 spiro atoms. The number of ether oxygens (including phenoxy) is 1. The smallest absolute Gasteiger partial charge is 0.169 e. The average Bonchev–Trinajstić information content (AvgIpc) is 2.90. The Morgan fingerprint density at radius 3 is 2.94 bits per heavy atom. The van der Waals surface area contributed by atoms with Crippen molar-refractivity contribution in [2.24, 2.45) is 0 Å². The van der Waals surface area contributed by atoms with E-state index in [-0.39, 0.29) is 6.04 Å². The lowest BCUT2D eigenvalue weighted by Crippen LogP contribution is -2.11. The number of thiazole rings is 1. The van der Waals surface area contributed by atoms with Crippen molar-refractivity contribution in [3.8, 4) is 5.75 Å². The van der Waals surface area contributed by atoms with Crippen LogP contribution >= 0.6 is 11.3 Å². The number of methoxy groups -OCH3 is 1. The molecule has 1 atom stereocenters. The SMILES string of the molecule is CCC(Nc1ncccc1OC)c1nccs1. The van der Waals surface area contributed by atoms with Gasteiger partial charge < -0.3 is 10.1 Å². The highest BCUT2D eigenvalue weighted by atomic mass is 32.1. The Balaban J connectivity index is 2.18. The van der Waals surface area contributed by atoms with E-state index in [1.807, 2.05) is 23.7 Å². The van der Waals surface area contributed by atoms with Gasteiger partial charge in [-0.2, -0.15) is 0 Å². The first-order chi connectivity index (χ1) is 8.35. The molecule has 0 aliphatic heterocycles. The minimum absolute atomic E-state index is 0.179. The molecule has 0 aliphatic rings. The van der Waals surface area contributed by atoms with Crippen LogP contribution in [0, 0.1) is 0 Å². The highest BCUT2D eigenvalue weighted by Gasteiger charge is 2.14. The zero-order valence-electron chi connectivity index (χ0n) is 9.88. The van der Waals surface area contributed by atoms with Gasteiger partial charge in [0.25, 0.3) is 0 Å². The Morgan fingerprint density at radius 2 is 2.29 bits per heavy atom. The van der Waals surface area contributed by atoms with Crippen LogP contribution in [0.1, 0.15) is 24.4 Å². The molecule has 0 amide bonds. The van der Waals surface area contributed by atoms with Crippen LogP contribution < -0.4 is 10.1 Å². The molecule has 2 rings (SSSR count). The van der Waals surface area contributed by atoms with Crippen LogP contribution in [0.15, 0.2) is 29.9 Å². The van der Waals surface area contributed by atoms with Crippen molar-refractivity contribution >= 4 is 17.2 Å². The molecule has 0 aromatic carbocycles. The van der Waals surface area contributed by atoms with Gasteiger partial charge in [0.2, 0.25) is 0 Å². The fourth-order valence-electron chi connectivity index (χ4n) is 1.57. The Labute approximate surface area is 105 Å². The summed E-state index contributed by atoms with van der Waals surface area (Å²) in [7, 11) is 1.65. The van der Waals surface area contributed by atoms with Crippen molar-refractivity contribution in [2.75, 3.05) is 12.4 Å². The third kappa shape index (κ3) is 2.74. The Bertz CT molecular complexity index is 459. The third-order valence-corrected chi connectivity index (χ3v) is 3.35. The van der Waals surface area contributed by atoms with Gasteiger partial charge in [-0.3, -0.25) is 0 Å². The van der Waals surface area contributed by atoms with Gasteiger partial charge in [0, 0.05) is 17.8 Å². The molecular weight excluding hydrogens is 234 g/mol. The second kappa shape index (κ2) is 5.63. The molecule has 4 nitrogen and oxygen atoms in total. The summed E-state index contributed by atoms with van der Waals surface area (Å²) in [5.74, 6) is 1.51. The highest BCUT2D eigenvalue weighted by molar-refractivity contribution is 7.09. The lowest BCUT2D eigenvalue weighted by molar-refractivity contribution is 0.414. The first kappa shape index (κ1) is 11.9. The number of pyridine rings is 1. The van der Waals surface area contributed by atoms with Crippen LogP contribution in [0.3, 0.4) is 0 Å². The van der Waals surface area contributed by atoms with Crippen LogP contribution in [0.2, 0.25) is 0 Å². The molecule has 2 aromatic rings. The predicted octanol–water partition coefficient (Wildman–Crippen LogP) is 3.11. The first-order valence-corrected chi connectivity index (χ1v) is 6.38. The van der Waals surface area contributed by atoms with E-state index in [0.29, 0.717) is 0 Å². The summed E-state index contributed by atoms with van der Waals surface area (Å²) in [5, 5.41) is 6.41. The van der Waals surface area contributed by atoms with Crippen molar-refractivity contribution in [3.63, 3.8) is 0 Å².